The van der Waals surface area contributed by atoms with E-state index in [1.807, 2.05) is 0 Å². The summed E-state index contributed by atoms with van der Waals surface area (Å²) < 4.78 is 5.25. The molecule has 0 radical (unpaired) electrons. The Morgan fingerprint density at radius 2 is 2.00 bits per heavy atom. The summed E-state index contributed by atoms with van der Waals surface area (Å²) in [4.78, 5) is 11.8. The first-order chi connectivity index (χ1) is 7.72. The van der Waals surface area contributed by atoms with Gasteiger partial charge in [0.05, 0.1) is 13.2 Å². The number of aryl methyl sites for hydroxylation is 2. The van der Waals surface area contributed by atoms with Crippen LogP contribution in [-0.2, 0) is 27.8 Å². The van der Waals surface area contributed by atoms with Crippen LogP contribution < -0.4 is 0 Å². The van der Waals surface area contributed by atoms with E-state index in [9.17, 15) is 4.79 Å². The van der Waals surface area contributed by atoms with Gasteiger partial charge in [0.25, 0.3) is 0 Å². The van der Waals surface area contributed by atoms with Gasteiger partial charge in [-0.05, 0) is 42.9 Å². The summed E-state index contributed by atoms with van der Waals surface area (Å²) in [5.41, 5.74) is 3.72. The molecule has 1 aromatic rings. The summed E-state index contributed by atoms with van der Waals surface area (Å²) in [6.07, 6.45) is 3.61. The topological polar surface area (TPSA) is 26.3 Å². The minimum Gasteiger partial charge on any atom is -0.378 e. The average molecular weight is 216 g/mol. The maximum atomic E-state index is 11.8. The molecular formula is C14H16O2. The molecule has 2 nitrogen and oxygen atoms in total. The fourth-order valence-corrected chi connectivity index (χ4v) is 2.75. The van der Waals surface area contributed by atoms with Crippen molar-refractivity contribution in [2.45, 2.75) is 31.6 Å². The Labute approximate surface area is 95.6 Å². The zero-order valence-electron chi connectivity index (χ0n) is 9.58. The first kappa shape index (κ1) is 10.0. The van der Waals surface area contributed by atoms with Crippen LogP contribution >= 0.6 is 0 Å². The van der Waals surface area contributed by atoms with E-state index in [1.165, 1.54) is 24.0 Å². The van der Waals surface area contributed by atoms with E-state index in [0.717, 1.165) is 12.0 Å². The Balaban J connectivity index is 2.03. The standard InChI is InChI=1S/C14H16O2/c1-10(15)14(8-16-9-14)13-6-5-11-3-2-4-12(11)7-13/h5-7H,2-4,8-9H2,1H3. The van der Waals surface area contributed by atoms with E-state index in [2.05, 4.69) is 18.2 Å². The predicted octanol–water partition coefficient (Wildman–Crippen LogP) is 2.03. The quantitative estimate of drug-likeness (QED) is 0.756. The fourth-order valence-electron chi connectivity index (χ4n) is 2.75. The number of hydrogen-bond acceptors (Lipinski definition) is 2. The lowest BCUT2D eigenvalue weighted by Gasteiger charge is -2.39. The van der Waals surface area contributed by atoms with Gasteiger partial charge in [0.1, 0.15) is 11.2 Å². The lowest BCUT2D eigenvalue weighted by atomic mass is 9.75. The number of rotatable bonds is 2. The third kappa shape index (κ3) is 1.26. The first-order valence-corrected chi connectivity index (χ1v) is 5.93. The fraction of sp³-hybridized carbons (Fsp3) is 0.500. The molecule has 1 heterocycles. The third-order valence-corrected chi connectivity index (χ3v) is 4.02. The lowest BCUT2D eigenvalue weighted by Crippen LogP contribution is -2.52. The predicted molar refractivity (Wildman–Crippen MR) is 61.6 cm³/mol. The molecule has 1 aliphatic carbocycles. The molecule has 84 valence electrons. The van der Waals surface area contributed by atoms with Crippen LogP contribution in [0.4, 0.5) is 0 Å². The number of benzene rings is 1. The normalized spacial score (nSPS) is 21.3. The van der Waals surface area contributed by atoms with Crippen molar-refractivity contribution in [3.63, 3.8) is 0 Å². The number of carbonyl (C=O) groups excluding carboxylic acids is 1. The van der Waals surface area contributed by atoms with Crippen LogP contribution in [0.1, 0.15) is 30.0 Å². The molecule has 0 aromatic heterocycles. The van der Waals surface area contributed by atoms with Crippen molar-refractivity contribution in [3.05, 3.63) is 34.9 Å². The van der Waals surface area contributed by atoms with Gasteiger partial charge in [0, 0.05) is 0 Å². The zero-order valence-corrected chi connectivity index (χ0v) is 9.58. The summed E-state index contributed by atoms with van der Waals surface area (Å²) in [5.74, 6) is 0.233. The highest BCUT2D eigenvalue weighted by Gasteiger charge is 2.45. The van der Waals surface area contributed by atoms with E-state index in [4.69, 9.17) is 4.74 Å². The highest BCUT2D eigenvalue weighted by Crippen LogP contribution is 2.35. The third-order valence-electron chi connectivity index (χ3n) is 4.02. The Morgan fingerprint density at radius 1 is 1.25 bits per heavy atom. The van der Waals surface area contributed by atoms with Crippen LogP contribution in [0.25, 0.3) is 0 Å². The van der Waals surface area contributed by atoms with E-state index in [-0.39, 0.29) is 11.2 Å². The molecule has 1 aliphatic heterocycles. The molecule has 0 atom stereocenters. The van der Waals surface area contributed by atoms with Gasteiger partial charge in [0.2, 0.25) is 0 Å². The molecule has 0 bridgehead atoms. The number of ketones is 1. The second kappa shape index (κ2) is 3.42. The van der Waals surface area contributed by atoms with Gasteiger partial charge in [0.15, 0.2) is 0 Å². The van der Waals surface area contributed by atoms with Gasteiger partial charge < -0.3 is 4.74 Å². The maximum Gasteiger partial charge on any atom is 0.145 e. The molecule has 16 heavy (non-hydrogen) atoms. The highest BCUT2D eigenvalue weighted by molar-refractivity contribution is 5.89. The van der Waals surface area contributed by atoms with Crippen LogP contribution in [0.5, 0.6) is 0 Å². The molecule has 0 unspecified atom stereocenters. The van der Waals surface area contributed by atoms with Crippen LogP contribution in [0, 0.1) is 0 Å². The minimum absolute atomic E-state index is 0.233. The molecule has 2 heteroatoms. The van der Waals surface area contributed by atoms with Gasteiger partial charge >= 0.3 is 0 Å². The molecule has 1 saturated heterocycles. The monoisotopic (exact) mass is 216 g/mol. The van der Waals surface area contributed by atoms with Crippen molar-refractivity contribution in [2.75, 3.05) is 13.2 Å². The Hall–Kier alpha value is -1.15. The van der Waals surface area contributed by atoms with Gasteiger partial charge in [-0.2, -0.15) is 0 Å². The molecule has 0 N–H and O–H groups in total. The van der Waals surface area contributed by atoms with Crippen molar-refractivity contribution >= 4 is 5.78 Å². The smallest absolute Gasteiger partial charge is 0.145 e. The molecule has 0 amide bonds. The van der Waals surface area contributed by atoms with Gasteiger partial charge in [-0.1, -0.05) is 18.2 Å². The van der Waals surface area contributed by atoms with Crippen molar-refractivity contribution in [2.24, 2.45) is 0 Å². The largest absolute Gasteiger partial charge is 0.378 e. The highest BCUT2D eigenvalue weighted by atomic mass is 16.5. The summed E-state index contributed by atoms with van der Waals surface area (Å²) in [6.45, 7) is 2.79. The van der Waals surface area contributed by atoms with Gasteiger partial charge in [-0.3, -0.25) is 4.79 Å². The summed E-state index contributed by atoms with van der Waals surface area (Å²) >= 11 is 0. The first-order valence-electron chi connectivity index (χ1n) is 5.93. The second-order valence-electron chi connectivity index (χ2n) is 4.97. The van der Waals surface area contributed by atoms with Crippen LogP contribution in [-0.4, -0.2) is 19.0 Å². The van der Waals surface area contributed by atoms with Crippen LogP contribution in [0.3, 0.4) is 0 Å². The number of Topliss-reactive ketones (excluding diaryl/α,β-unsaturated/α-hetero) is 1. The molecular weight excluding hydrogens is 200 g/mol. The number of hydrogen-bond donors (Lipinski definition) is 0. The second-order valence-corrected chi connectivity index (χ2v) is 4.97. The summed E-state index contributed by atoms with van der Waals surface area (Å²) in [5, 5.41) is 0. The van der Waals surface area contributed by atoms with E-state index < -0.39 is 0 Å². The SMILES string of the molecule is CC(=O)C1(c2ccc3c(c2)CCC3)COC1. The van der Waals surface area contributed by atoms with Crippen LogP contribution in [0.15, 0.2) is 18.2 Å². The Bertz CT molecular complexity index is 444. The average Bonchev–Trinajstić information content (AvgIpc) is 2.62. The zero-order chi connectivity index (χ0) is 11.2. The number of ether oxygens (including phenoxy) is 1. The lowest BCUT2D eigenvalue weighted by molar-refractivity contribution is -0.140. The van der Waals surface area contributed by atoms with Crippen molar-refractivity contribution in [1.29, 1.82) is 0 Å². The summed E-state index contributed by atoms with van der Waals surface area (Å²) in [6, 6.07) is 6.54. The van der Waals surface area contributed by atoms with Crippen molar-refractivity contribution in [1.82, 2.24) is 0 Å². The molecule has 0 saturated carbocycles. The molecule has 3 rings (SSSR count). The Morgan fingerprint density at radius 3 is 2.62 bits per heavy atom. The van der Waals surface area contributed by atoms with E-state index >= 15 is 0 Å². The molecule has 1 aromatic carbocycles. The van der Waals surface area contributed by atoms with Crippen molar-refractivity contribution in [3.8, 4) is 0 Å². The minimum atomic E-state index is -0.336. The van der Waals surface area contributed by atoms with Crippen LogP contribution in [0.2, 0.25) is 0 Å². The van der Waals surface area contributed by atoms with Crippen molar-refractivity contribution < 1.29 is 9.53 Å². The number of fused-ring (bicyclic) bond motifs is 1. The van der Waals surface area contributed by atoms with E-state index in [1.54, 1.807) is 6.92 Å². The molecule has 1 fully saturated rings. The van der Waals surface area contributed by atoms with Gasteiger partial charge in [-0.15, -0.1) is 0 Å². The maximum absolute atomic E-state index is 11.8. The Kier molecular flexibility index (Phi) is 2.15. The van der Waals surface area contributed by atoms with Gasteiger partial charge in [-0.25, -0.2) is 0 Å². The molecule has 0 spiro atoms. The van der Waals surface area contributed by atoms with E-state index in [0.29, 0.717) is 13.2 Å². The number of carbonyl (C=O) groups is 1. The summed E-state index contributed by atoms with van der Waals surface area (Å²) in [7, 11) is 0. The molecule has 2 aliphatic rings.